The molecule has 0 amide bonds. The summed E-state index contributed by atoms with van der Waals surface area (Å²) in [4.78, 5) is 2.57. The Morgan fingerprint density at radius 1 is 1.33 bits per heavy atom. The fourth-order valence-electron chi connectivity index (χ4n) is 3.58. The molecule has 0 bridgehead atoms. The van der Waals surface area contributed by atoms with Crippen LogP contribution in [0.3, 0.4) is 0 Å². The molecular weight excluding hydrogens is 222 g/mol. The fraction of sp³-hybridized carbons (Fsp3) is 0.933. The average molecular weight is 249 g/mol. The molecule has 0 aromatic carbocycles. The van der Waals surface area contributed by atoms with Gasteiger partial charge in [-0.05, 0) is 70.6 Å². The van der Waals surface area contributed by atoms with Crippen molar-refractivity contribution < 1.29 is 0 Å². The van der Waals surface area contributed by atoms with Gasteiger partial charge in [-0.15, -0.1) is 0 Å². The Hall–Kier alpha value is -0.590. The van der Waals surface area contributed by atoms with Crippen molar-refractivity contribution in [1.29, 1.82) is 5.26 Å². The molecule has 2 fully saturated rings. The van der Waals surface area contributed by atoms with E-state index < -0.39 is 0 Å². The van der Waals surface area contributed by atoms with Gasteiger partial charge in [-0.2, -0.15) is 5.26 Å². The zero-order valence-electron chi connectivity index (χ0n) is 11.7. The van der Waals surface area contributed by atoms with Gasteiger partial charge in [-0.25, -0.2) is 0 Å². The molecule has 0 radical (unpaired) electrons. The van der Waals surface area contributed by atoms with Gasteiger partial charge < -0.3 is 4.90 Å². The highest BCUT2D eigenvalue weighted by molar-refractivity contribution is 5.14. The highest BCUT2D eigenvalue weighted by Gasteiger charge is 2.42. The predicted octanol–water partition coefficient (Wildman–Crippen LogP) is 2.53. The lowest BCUT2D eigenvalue weighted by Crippen LogP contribution is -2.48. The molecule has 2 unspecified atom stereocenters. The minimum atomic E-state index is -0.213. The van der Waals surface area contributed by atoms with Crippen LogP contribution in [0.5, 0.6) is 0 Å². The monoisotopic (exact) mass is 249 g/mol. The van der Waals surface area contributed by atoms with Crippen LogP contribution in [0.4, 0.5) is 0 Å². The van der Waals surface area contributed by atoms with Gasteiger partial charge >= 0.3 is 0 Å². The van der Waals surface area contributed by atoms with Crippen LogP contribution in [0.25, 0.3) is 0 Å². The van der Waals surface area contributed by atoms with E-state index in [0.29, 0.717) is 5.92 Å². The van der Waals surface area contributed by atoms with E-state index in [9.17, 15) is 5.26 Å². The Kier molecular flexibility index (Phi) is 5.03. The molecule has 1 N–H and O–H groups in total. The summed E-state index contributed by atoms with van der Waals surface area (Å²) < 4.78 is 0. The van der Waals surface area contributed by atoms with Crippen LogP contribution in [0.1, 0.15) is 51.9 Å². The molecule has 2 aliphatic rings. The summed E-state index contributed by atoms with van der Waals surface area (Å²) in [7, 11) is 0. The summed E-state index contributed by atoms with van der Waals surface area (Å²) in [5, 5.41) is 13.1. The fourth-order valence-corrected chi connectivity index (χ4v) is 3.58. The second-order valence-electron chi connectivity index (χ2n) is 5.94. The Balaban J connectivity index is 1.86. The van der Waals surface area contributed by atoms with Crippen molar-refractivity contribution in [3.05, 3.63) is 0 Å². The largest absolute Gasteiger partial charge is 0.303 e. The van der Waals surface area contributed by atoms with Crippen LogP contribution in [0.2, 0.25) is 0 Å². The molecular formula is C15H27N3. The molecule has 2 rings (SSSR count). The van der Waals surface area contributed by atoms with Gasteiger partial charge in [0.25, 0.3) is 0 Å². The van der Waals surface area contributed by atoms with E-state index in [1.807, 2.05) is 0 Å². The molecule has 0 aromatic heterocycles. The number of nitriles is 1. The Morgan fingerprint density at radius 2 is 2.11 bits per heavy atom. The Labute approximate surface area is 112 Å². The number of hydrogen-bond donors (Lipinski definition) is 1. The smallest absolute Gasteiger partial charge is 0.109 e. The Morgan fingerprint density at radius 3 is 2.78 bits per heavy atom. The van der Waals surface area contributed by atoms with Crippen molar-refractivity contribution >= 4 is 0 Å². The van der Waals surface area contributed by atoms with E-state index in [1.165, 1.54) is 51.7 Å². The second kappa shape index (κ2) is 6.54. The van der Waals surface area contributed by atoms with Crippen LogP contribution in [-0.4, -0.2) is 36.6 Å². The number of nitrogens with one attached hydrogen (secondary N) is 1. The van der Waals surface area contributed by atoms with Gasteiger partial charge in [-0.1, -0.05) is 13.3 Å². The van der Waals surface area contributed by atoms with E-state index in [1.54, 1.807) is 0 Å². The summed E-state index contributed by atoms with van der Waals surface area (Å²) in [6.07, 6.45) is 8.54. The summed E-state index contributed by atoms with van der Waals surface area (Å²) >= 11 is 0. The van der Waals surface area contributed by atoms with E-state index in [0.717, 1.165) is 19.4 Å². The maximum absolute atomic E-state index is 9.58. The van der Waals surface area contributed by atoms with Crippen molar-refractivity contribution in [2.75, 3.05) is 26.2 Å². The molecule has 3 heteroatoms. The molecule has 1 saturated carbocycles. The third kappa shape index (κ3) is 3.05. The molecule has 18 heavy (non-hydrogen) atoms. The normalized spacial score (nSPS) is 32.8. The van der Waals surface area contributed by atoms with Gasteiger partial charge in [-0.3, -0.25) is 5.32 Å². The van der Waals surface area contributed by atoms with Crippen molar-refractivity contribution in [2.45, 2.75) is 57.4 Å². The zero-order chi connectivity index (χ0) is 12.8. The van der Waals surface area contributed by atoms with Crippen molar-refractivity contribution in [3.63, 3.8) is 0 Å². The van der Waals surface area contributed by atoms with Gasteiger partial charge in [0.15, 0.2) is 0 Å². The molecule has 1 aliphatic heterocycles. The molecule has 102 valence electrons. The third-order valence-corrected chi connectivity index (χ3v) is 4.70. The maximum atomic E-state index is 9.58. The predicted molar refractivity (Wildman–Crippen MR) is 74.3 cm³/mol. The lowest BCUT2D eigenvalue weighted by Gasteiger charge is -2.31. The first kappa shape index (κ1) is 13.8. The van der Waals surface area contributed by atoms with Crippen LogP contribution in [0, 0.1) is 17.2 Å². The SMILES string of the molecule is CCCNC1(C#N)CCCC1CCN1CCCC1. The van der Waals surface area contributed by atoms with Gasteiger partial charge in [0.05, 0.1) is 6.07 Å². The number of hydrogen-bond acceptors (Lipinski definition) is 3. The molecule has 3 nitrogen and oxygen atoms in total. The summed E-state index contributed by atoms with van der Waals surface area (Å²) in [5.74, 6) is 0.564. The second-order valence-corrected chi connectivity index (χ2v) is 5.94. The van der Waals surface area contributed by atoms with E-state index >= 15 is 0 Å². The molecule has 0 spiro atoms. The first-order chi connectivity index (χ1) is 8.80. The minimum Gasteiger partial charge on any atom is -0.303 e. The van der Waals surface area contributed by atoms with Crippen molar-refractivity contribution in [1.82, 2.24) is 10.2 Å². The molecule has 1 saturated heterocycles. The molecule has 0 aromatic rings. The maximum Gasteiger partial charge on any atom is 0.109 e. The van der Waals surface area contributed by atoms with Gasteiger partial charge in [0.2, 0.25) is 0 Å². The van der Waals surface area contributed by atoms with Crippen molar-refractivity contribution in [2.24, 2.45) is 5.92 Å². The number of likely N-dealkylation sites (tertiary alicyclic amines) is 1. The quantitative estimate of drug-likeness (QED) is 0.786. The van der Waals surface area contributed by atoms with E-state index in [2.05, 4.69) is 23.2 Å². The molecule has 2 atom stereocenters. The zero-order valence-corrected chi connectivity index (χ0v) is 11.7. The number of rotatable bonds is 6. The highest BCUT2D eigenvalue weighted by Crippen LogP contribution is 2.37. The van der Waals surface area contributed by atoms with Crippen LogP contribution in [0.15, 0.2) is 0 Å². The Bertz CT molecular complexity index is 291. The summed E-state index contributed by atoms with van der Waals surface area (Å²) in [6.45, 7) is 6.89. The molecule has 1 heterocycles. The van der Waals surface area contributed by atoms with Gasteiger partial charge in [0.1, 0.15) is 5.54 Å². The van der Waals surface area contributed by atoms with Crippen LogP contribution < -0.4 is 5.32 Å². The van der Waals surface area contributed by atoms with E-state index in [4.69, 9.17) is 0 Å². The number of nitrogens with zero attached hydrogens (tertiary/aromatic N) is 2. The molecule has 1 aliphatic carbocycles. The highest BCUT2D eigenvalue weighted by atomic mass is 15.1. The summed E-state index contributed by atoms with van der Waals surface area (Å²) in [5.41, 5.74) is -0.213. The average Bonchev–Trinajstić information content (AvgIpc) is 3.04. The van der Waals surface area contributed by atoms with E-state index in [-0.39, 0.29) is 5.54 Å². The van der Waals surface area contributed by atoms with Crippen molar-refractivity contribution in [3.8, 4) is 6.07 Å². The first-order valence-corrected chi connectivity index (χ1v) is 7.69. The van der Waals surface area contributed by atoms with Crippen LogP contribution >= 0.6 is 0 Å². The third-order valence-electron chi connectivity index (χ3n) is 4.70. The first-order valence-electron chi connectivity index (χ1n) is 7.69. The lowest BCUT2D eigenvalue weighted by atomic mass is 9.85. The lowest BCUT2D eigenvalue weighted by molar-refractivity contribution is 0.250. The van der Waals surface area contributed by atoms with Gasteiger partial charge in [0, 0.05) is 0 Å². The van der Waals surface area contributed by atoms with Crippen LogP contribution in [-0.2, 0) is 0 Å². The summed E-state index contributed by atoms with van der Waals surface area (Å²) in [6, 6.07) is 2.61. The standard InChI is InChI=1S/C15H27N3/c1-2-9-17-15(13-16)8-5-6-14(15)7-12-18-10-3-4-11-18/h14,17H,2-12H2,1H3. The topological polar surface area (TPSA) is 39.1 Å². The minimum absolute atomic E-state index is 0.213.